The molecule has 0 spiro atoms. The van der Waals surface area contributed by atoms with Gasteiger partial charge in [0, 0.05) is 6.54 Å². The Kier molecular flexibility index (Phi) is 41.3. The lowest BCUT2D eigenvalue weighted by Gasteiger charge is -2.30. The molecule has 0 bridgehead atoms. The molecule has 0 heterocycles. The summed E-state index contributed by atoms with van der Waals surface area (Å²) in [6.45, 7) is 23.7. The molecule has 0 saturated carbocycles. The first-order valence-corrected chi connectivity index (χ1v) is 29.8. The normalized spacial score (nSPS) is 15.2. The van der Waals surface area contributed by atoms with E-state index >= 15 is 0 Å². The zero-order chi connectivity index (χ0) is 64.1. The Labute approximate surface area is 493 Å². The fraction of sp³-hybridized carbons (Fsp3) is 0.804. The molecule has 0 aliphatic carbocycles. The highest BCUT2D eigenvalue weighted by Crippen LogP contribution is 2.15. The van der Waals surface area contributed by atoms with Crippen molar-refractivity contribution in [2.75, 3.05) is 26.2 Å². The number of nitrogens with zero attached hydrogens (tertiary/aromatic N) is 1. The molecule has 0 aromatic heterocycles. The lowest BCUT2D eigenvalue weighted by atomic mass is 9.96. The van der Waals surface area contributed by atoms with E-state index in [-0.39, 0.29) is 107 Å². The monoisotopic (exact) mass is 1180 g/mol. The van der Waals surface area contributed by atoms with Gasteiger partial charge in [-0.3, -0.25) is 52.9 Å². The fourth-order valence-corrected chi connectivity index (χ4v) is 8.60. The van der Waals surface area contributed by atoms with Gasteiger partial charge in [-0.25, -0.2) is 0 Å². The van der Waals surface area contributed by atoms with Crippen molar-refractivity contribution < 1.29 is 53.1 Å². The first kappa shape index (κ1) is 78.9. The molecule has 0 saturated heterocycles. The van der Waals surface area contributed by atoms with Crippen LogP contribution in [0.1, 0.15) is 173 Å². The summed E-state index contributed by atoms with van der Waals surface area (Å²) in [4.78, 5) is 141. The molecule has 0 unspecified atom stereocenters. The second-order valence-corrected chi connectivity index (χ2v) is 22.7. The van der Waals surface area contributed by atoms with Crippen molar-refractivity contribution in [3.63, 3.8) is 0 Å². The molecule has 0 radical (unpaired) electrons. The number of amides is 10. The first-order valence-electron chi connectivity index (χ1n) is 29.8. The summed E-state index contributed by atoms with van der Waals surface area (Å²) in [5.41, 5.74) is 33.8. The number of hydrogen-bond acceptors (Lipinski definition) is 15. The van der Waals surface area contributed by atoms with E-state index in [9.17, 15) is 53.1 Å². The van der Waals surface area contributed by atoms with E-state index in [0.717, 1.165) is 0 Å². The van der Waals surface area contributed by atoms with Gasteiger partial charge in [0.2, 0.25) is 59.1 Å². The Morgan fingerprint density at radius 1 is 0.410 bits per heavy atom. The smallest absolute Gasteiger partial charge is 0.245 e. The predicted octanol–water partition coefficient (Wildman–Crippen LogP) is -1.26. The molecular weight excluding hydrogens is 1070 g/mol. The fourth-order valence-electron chi connectivity index (χ4n) is 8.60. The van der Waals surface area contributed by atoms with Crippen LogP contribution in [0.25, 0.3) is 0 Å². The van der Waals surface area contributed by atoms with Gasteiger partial charge in [-0.1, -0.05) is 89.5 Å². The molecule has 480 valence electrons. The summed E-state index contributed by atoms with van der Waals surface area (Å²) in [5.74, 6) is -8.52. The van der Waals surface area contributed by atoms with Crippen molar-refractivity contribution in [1.82, 2.24) is 47.9 Å². The summed E-state index contributed by atoms with van der Waals surface area (Å²) < 4.78 is 0. The molecule has 0 aliphatic rings. The number of aliphatic hydroxyl groups excluding tert-OH is 1. The second kappa shape index (κ2) is 43.5. The molecule has 11 atom stereocenters. The van der Waals surface area contributed by atoms with Crippen molar-refractivity contribution in [3.8, 4) is 0 Å². The van der Waals surface area contributed by atoms with Gasteiger partial charge in [0.25, 0.3) is 0 Å². The zero-order valence-corrected chi connectivity index (χ0v) is 52.1. The highest BCUT2D eigenvalue weighted by Gasteiger charge is 2.37. The van der Waals surface area contributed by atoms with Gasteiger partial charge in [-0.2, -0.15) is 0 Å². The maximum Gasteiger partial charge on any atom is 0.245 e. The third-order valence-electron chi connectivity index (χ3n) is 13.2. The minimum atomic E-state index is -1.63. The van der Waals surface area contributed by atoms with E-state index in [1.807, 2.05) is 69.2 Å². The average Bonchev–Trinajstić information content (AvgIpc) is 3.44. The van der Waals surface area contributed by atoms with E-state index < -0.39 is 125 Å². The van der Waals surface area contributed by atoms with Crippen LogP contribution >= 0.6 is 0 Å². The third-order valence-corrected chi connectivity index (χ3v) is 13.2. The lowest BCUT2D eigenvalue weighted by molar-refractivity contribution is -0.137. The minimum Gasteiger partial charge on any atom is -0.391 e. The first-order chi connectivity index (χ1) is 38.9. The number of primary amides is 1. The Hall–Kier alpha value is -6.19. The van der Waals surface area contributed by atoms with E-state index in [2.05, 4.69) is 52.8 Å². The number of nitrogens with one attached hydrogen (secondary N) is 9. The average molecular weight is 1180 g/mol. The van der Waals surface area contributed by atoms with Crippen LogP contribution in [0.2, 0.25) is 0 Å². The van der Waals surface area contributed by atoms with Crippen molar-refractivity contribution in [2.24, 2.45) is 69.0 Å². The zero-order valence-electron chi connectivity index (χ0n) is 52.1. The van der Waals surface area contributed by atoms with Crippen LogP contribution in [-0.2, 0) is 47.9 Å². The summed E-state index contributed by atoms with van der Waals surface area (Å²) >= 11 is 0. The maximum absolute atomic E-state index is 14.5. The molecule has 0 aromatic carbocycles. The molecule has 0 aliphatic heterocycles. The number of rotatable bonds is 42. The van der Waals surface area contributed by atoms with Gasteiger partial charge < -0.3 is 87.4 Å². The number of carbonyl (C=O) groups is 10. The highest BCUT2D eigenvalue weighted by molar-refractivity contribution is 5.98. The summed E-state index contributed by atoms with van der Waals surface area (Å²) in [6, 6.07) is -11.2. The van der Waals surface area contributed by atoms with E-state index in [1.165, 1.54) is 6.92 Å². The molecule has 27 nitrogen and oxygen atoms in total. The van der Waals surface area contributed by atoms with Gasteiger partial charge in [-0.05, 0) is 127 Å². The number of guanidine groups is 1. The van der Waals surface area contributed by atoms with Crippen LogP contribution in [0, 0.1) is 29.6 Å². The van der Waals surface area contributed by atoms with Gasteiger partial charge in [0.1, 0.15) is 54.4 Å². The second-order valence-electron chi connectivity index (χ2n) is 22.7. The van der Waals surface area contributed by atoms with Crippen LogP contribution in [0.4, 0.5) is 0 Å². The Morgan fingerprint density at radius 3 is 1.08 bits per heavy atom. The summed E-state index contributed by atoms with van der Waals surface area (Å²) in [7, 11) is 0. The maximum atomic E-state index is 14.5. The van der Waals surface area contributed by atoms with Crippen molar-refractivity contribution >= 4 is 65.0 Å². The topological polar surface area (TPSA) is 468 Å². The molecule has 27 heteroatoms. The molecule has 10 amide bonds. The van der Waals surface area contributed by atoms with Crippen LogP contribution < -0.4 is 82.3 Å². The Bertz CT molecular complexity index is 2020. The number of carbonyl (C=O) groups excluding carboxylic acids is 10. The van der Waals surface area contributed by atoms with Gasteiger partial charge >= 0.3 is 0 Å². The van der Waals surface area contributed by atoms with E-state index in [4.69, 9.17) is 34.4 Å². The van der Waals surface area contributed by atoms with Crippen LogP contribution in [-0.4, -0.2) is 157 Å². The third kappa shape index (κ3) is 33.6. The lowest BCUT2D eigenvalue weighted by Crippen LogP contribution is -2.62. The van der Waals surface area contributed by atoms with Crippen molar-refractivity contribution in [1.29, 1.82) is 0 Å². The Balaban J connectivity index is 0. The number of hydrogen-bond donors (Lipinski definition) is 16. The quantitative estimate of drug-likeness (QED) is 0.0193. The van der Waals surface area contributed by atoms with Crippen molar-refractivity contribution in [3.05, 3.63) is 0 Å². The van der Waals surface area contributed by atoms with Crippen LogP contribution in [0.15, 0.2) is 4.99 Å². The van der Waals surface area contributed by atoms with Crippen LogP contribution in [0.5, 0.6) is 0 Å². The summed E-state index contributed by atoms with van der Waals surface area (Å²) in [5, 5.41) is 35.0. The standard InChI is InChI=1S/C54H104N16O11.C2H6/c1-12-33(10)43(52(80)65-36(19-14-16-22-56)48(76)70-44(34(11)71)53(81)68-41(27-32(8)9)51(79)66-38(45(58)73)24-29(2)3)69-47(75)37(20-17-23-61-54(59)60)63-46(74)35(18-13-15-21-55)64-50(78)40(26-31(6)7)67-49(77)39(25-30(4)5)62-42(72)28-57;1-2/h29-41,43-44,71H,12-28,55-57H2,1-11H3,(H2,58,73)(H,62,72)(H,63,74)(H,64,78)(H,65,80)(H,66,79)(H,67,77)(H,68,81)(H,69,75)(H,70,76)(H4,59,60,61);1-2H3/t33-,34+,35-,36-,37-,38-,39-,40-,41-,43-,44-;/m0./s1. The number of aliphatic imine (C=N–C) groups is 1. The molecule has 0 aromatic rings. The highest BCUT2D eigenvalue weighted by atomic mass is 16.3. The molecule has 22 N–H and O–H groups in total. The number of nitrogens with two attached hydrogens (primary N) is 6. The predicted molar refractivity (Wildman–Crippen MR) is 322 cm³/mol. The minimum absolute atomic E-state index is 0.00517. The van der Waals surface area contributed by atoms with Gasteiger partial charge in [0.15, 0.2) is 5.96 Å². The number of aliphatic hydroxyl groups is 1. The van der Waals surface area contributed by atoms with Crippen molar-refractivity contribution in [2.45, 2.75) is 234 Å². The number of unbranched alkanes of at least 4 members (excludes halogenated alkanes) is 2. The molecule has 83 heavy (non-hydrogen) atoms. The molecule has 0 rings (SSSR count). The summed E-state index contributed by atoms with van der Waals surface area (Å²) in [6.07, 6.45) is 1.45. The Morgan fingerprint density at radius 2 is 0.723 bits per heavy atom. The molecular formula is C56H110N16O11. The van der Waals surface area contributed by atoms with Gasteiger partial charge in [-0.15, -0.1) is 0 Å². The SMILES string of the molecule is CC.CC[C@H](C)[C@H](NC(=O)[C@H](CCCN=C(N)N)NC(=O)[C@H](CCCCN)NC(=O)[C@H](CC(C)C)NC(=O)[C@H](CC(C)C)NC(=O)CN)C(=O)N[C@@H](CCCCN)C(=O)N[C@H](C(=O)N[C@@H](CC(C)C)C(=O)N[C@@H](CC(C)C)C(N)=O)[C@@H](C)O. The largest absolute Gasteiger partial charge is 0.391 e. The van der Waals surface area contributed by atoms with E-state index in [0.29, 0.717) is 32.1 Å². The van der Waals surface area contributed by atoms with Gasteiger partial charge in [0.05, 0.1) is 12.6 Å². The van der Waals surface area contributed by atoms with E-state index in [1.54, 1.807) is 13.8 Å². The molecule has 0 fully saturated rings. The van der Waals surface area contributed by atoms with Crippen LogP contribution in [0.3, 0.4) is 0 Å².